The van der Waals surface area contributed by atoms with Crippen molar-refractivity contribution >= 4 is 67.4 Å². The maximum atomic E-state index is 14.6. The summed E-state index contributed by atoms with van der Waals surface area (Å²) in [7, 11) is 3.00. The van der Waals surface area contributed by atoms with Gasteiger partial charge in [0.1, 0.15) is 23.7 Å². The number of rotatable bonds is 12. The minimum atomic E-state index is -0.795. The van der Waals surface area contributed by atoms with E-state index >= 15 is 0 Å². The number of likely N-dealkylation sites (tertiary alicyclic amines) is 2. The Labute approximate surface area is 388 Å². The first-order chi connectivity index (χ1) is 32.5. The van der Waals surface area contributed by atoms with E-state index in [2.05, 4.69) is 88.2 Å². The average Bonchev–Trinajstić information content (AvgIpc) is 3.95. The van der Waals surface area contributed by atoms with E-state index in [1.54, 1.807) is 7.11 Å². The lowest BCUT2D eigenvalue weighted by atomic mass is 9.98. The summed E-state index contributed by atoms with van der Waals surface area (Å²) < 4.78 is 10.5. The fourth-order valence-corrected chi connectivity index (χ4v) is 11.1. The van der Waals surface area contributed by atoms with Gasteiger partial charge in [-0.05, 0) is 95.2 Å². The maximum Gasteiger partial charge on any atom is 0.407 e. The number of carbonyl (C=O) groups excluding carboxylic acids is 4. The highest BCUT2D eigenvalue weighted by molar-refractivity contribution is 6.07. The van der Waals surface area contributed by atoms with Crippen molar-refractivity contribution in [2.45, 2.75) is 76.7 Å². The van der Waals surface area contributed by atoms with Crippen LogP contribution >= 0.6 is 0 Å². The third-order valence-electron chi connectivity index (χ3n) is 14.9. The number of H-pyrrole nitrogens is 2. The van der Waals surface area contributed by atoms with E-state index in [1.807, 2.05) is 54.0 Å². The molecular formula is C53H56N8O6. The lowest BCUT2D eigenvalue weighted by Crippen LogP contribution is -2.52. The number of aromatic nitrogens is 4. The number of hydrogen-bond acceptors (Lipinski definition) is 8. The number of imidazole rings is 2. The van der Waals surface area contributed by atoms with E-state index in [4.69, 9.17) is 19.4 Å². The summed E-state index contributed by atoms with van der Waals surface area (Å²) in [5, 5.41) is 9.99. The molecule has 3 unspecified atom stereocenters. The molecule has 14 nitrogen and oxygen atoms in total. The predicted octanol–water partition coefficient (Wildman–Crippen LogP) is 8.50. The summed E-state index contributed by atoms with van der Waals surface area (Å²) in [5.74, 6) is 1.91. The predicted molar refractivity (Wildman–Crippen MR) is 255 cm³/mol. The van der Waals surface area contributed by atoms with E-state index in [0.717, 1.165) is 91.2 Å². The second-order valence-corrected chi connectivity index (χ2v) is 19.6. The molecule has 67 heavy (non-hydrogen) atoms. The Hall–Kier alpha value is -6.80. The van der Waals surface area contributed by atoms with Crippen molar-refractivity contribution < 1.29 is 28.7 Å². The Bertz CT molecular complexity index is 3090. The summed E-state index contributed by atoms with van der Waals surface area (Å²) >= 11 is 0. The summed E-state index contributed by atoms with van der Waals surface area (Å²) in [6.45, 7) is 7.06. The number of hydrogen-bond donors (Lipinski definition) is 4. The topological polar surface area (TPSA) is 175 Å². The van der Waals surface area contributed by atoms with Crippen molar-refractivity contribution in [3.63, 3.8) is 0 Å². The Kier molecular flexibility index (Phi) is 10.7. The molecule has 2 aromatic heterocycles. The minimum Gasteiger partial charge on any atom is -0.453 e. The number of ether oxygens (including phenoxy) is 2. The van der Waals surface area contributed by atoms with Crippen LogP contribution in [0.15, 0.2) is 91.0 Å². The van der Waals surface area contributed by atoms with Crippen LogP contribution in [0.4, 0.5) is 4.79 Å². The van der Waals surface area contributed by atoms with Gasteiger partial charge in [0.15, 0.2) is 0 Å². The summed E-state index contributed by atoms with van der Waals surface area (Å²) in [6, 6.07) is 28.8. The van der Waals surface area contributed by atoms with Gasteiger partial charge in [0.25, 0.3) is 0 Å². The van der Waals surface area contributed by atoms with E-state index in [9.17, 15) is 19.2 Å². The first kappa shape index (κ1) is 42.8. The Morgan fingerprint density at radius 3 is 1.97 bits per heavy atom. The molecule has 4 aliphatic rings. The molecular weight excluding hydrogens is 845 g/mol. The number of benzene rings is 5. The molecule has 344 valence electrons. The fraction of sp³-hybridized carbons (Fsp3) is 0.396. The smallest absolute Gasteiger partial charge is 0.407 e. The molecule has 11 rings (SSSR count). The summed E-state index contributed by atoms with van der Waals surface area (Å²) in [5.41, 5.74) is 6.39. The molecule has 2 aliphatic carbocycles. The van der Waals surface area contributed by atoms with Crippen molar-refractivity contribution in [3.8, 4) is 11.1 Å². The highest BCUT2D eigenvalue weighted by Crippen LogP contribution is 2.58. The van der Waals surface area contributed by atoms with Crippen LogP contribution < -0.4 is 10.6 Å². The summed E-state index contributed by atoms with van der Waals surface area (Å²) in [6.07, 6.45) is 2.59. The second-order valence-electron chi connectivity index (χ2n) is 19.6. The van der Waals surface area contributed by atoms with Crippen LogP contribution in [0.5, 0.6) is 0 Å². The zero-order chi connectivity index (χ0) is 46.2. The molecule has 4 amide bonds. The third kappa shape index (κ3) is 7.64. The maximum absolute atomic E-state index is 14.6. The van der Waals surface area contributed by atoms with Crippen LogP contribution in [-0.2, 0) is 23.9 Å². The van der Waals surface area contributed by atoms with Crippen molar-refractivity contribution in [2.75, 3.05) is 27.4 Å². The van der Waals surface area contributed by atoms with Crippen LogP contribution in [0, 0.1) is 29.6 Å². The molecule has 0 bridgehead atoms. The molecule has 4 N–H and O–H groups in total. The Morgan fingerprint density at radius 1 is 0.761 bits per heavy atom. The SMILES string of the molecule is COC[C@H]1C[C@@H](c2nc3c(ccc4cc(-c5ccc6c(ccc7[nH]c([C@@H]8CC9C([C@@H]9C)N8C(=O)C(NC(=O)OC)C(C)C)nc76)c5)ccc43)[nH]2)N(C(=O)[C@H](NC(=O)C2CC2)c2ccccc2)C1. The highest BCUT2D eigenvalue weighted by atomic mass is 16.5. The number of nitrogens with zero attached hydrogens (tertiary/aromatic N) is 4. The molecule has 0 spiro atoms. The third-order valence-corrected chi connectivity index (χ3v) is 14.9. The van der Waals surface area contributed by atoms with Crippen LogP contribution in [0.1, 0.15) is 81.8 Å². The van der Waals surface area contributed by atoms with Gasteiger partial charge in [-0.3, -0.25) is 14.4 Å². The molecule has 4 fully saturated rings. The number of fused-ring (bicyclic) bond motifs is 7. The Morgan fingerprint density at radius 2 is 1.39 bits per heavy atom. The molecule has 4 heterocycles. The van der Waals surface area contributed by atoms with Gasteiger partial charge in [0.05, 0.1) is 47.9 Å². The number of carbonyl (C=O) groups is 4. The van der Waals surface area contributed by atoms with Gasteiger partial charge in [0.2, 0.25) is 17.7 Å². The largest absolute Gasteiger partial charge is 0.453 e. The standard InChI is InChI=1S/C53H56N8O6/c1-27(2)43(59-53(65)67-5)52(64)61-42(24-38-28(3)47(38)61)49-55-40-20-16-35-23-33(14-18-37(35)46(40)57-49)32-13-17-36-34(22-32)15-19-39-45(36)56-48(54-39)41-21-29(26-66-4)25-60(41)51(63)44(30-9-7-6-8-10-30)58-50(62)31-11-12-31/h6-10,13-20,22-23,27-29,31,38,41-44,47H,11-12,21,24-26H2,1-5H3,(H,54,56)(H,55,57)(H,58,62)(H,59,65)/t28-,29+,38?,41+,42+,43?,44-,47?/m1/s1. The molecule has 2 saturated heterocycles. The minimum absolute atomic E-state index is 0.0328. The van der Waals surface area contributed by atoms with Gasteiger partial charge >= 0.3 is 6.09 Å². The van der Waals surface area contributed by atoms with Crippen LogP contribution in [0.3, 0.4) is 0 Å². The van der Waals surface area contributed by atoms with E-state index in [1.165, 1.54) is 7.11 Å². The van der Waals surface area contributed by atoms with Crippen LogP contribution in [0.2, 0.25) is 0 Å². The lowest BCUT2D eigenvalue weighted by Gasteiger charge is -2.32. The molecule has 7 aromatic rings. The van der Waals surface area contributed by atoms with Gasteiger partial charge in [-0.2, -0.15) is 0 Å². The number of amides is 4. The number of methoxy groups -OCH3 is 2. The van der Waals surface area contributed by atoms with E-state index < -0.39 is 18.2 Å². The zero-order valence-corrected chi connectivity index (χ0v) is 38.4. The number of nitrogens with one attached hydrogen (secondary N) is 4. The second kappa shape index (κ2) is 16.8. The van der Waals surface area contributed by atoms with Gasteiger partial charge in [-0.15, -0.1) is 0 Å². The van der Waals surface area contributed by atoms with Crippen molar-refractivity contribution in [3.05, 3.63) is 108 Å². The molecule has 2 saturated carbocycles. The first-order valence-corrected chi connectivity index (χ1v) is 23.7. The fourth-order valence-electron chi connectivity index (χ4n) is 11.1. The van der Waals surface area contributed by atoms with Crippen molar-refractivity contribution in [1.29, 1.82) is 0 Å². The quantitative estimate of drug-likeness (QED) is 0.0945. The molecule has 14 heteroatoms. The molecule has 8 atom stereocenters. The van der Waals surface area contributed by atoms with Crippen LogP contribution in [-0.4, -0.2) is 93.0 Å². The zero-order valence-electron chi connectivity index (χ0n) is 38.4. The first-order valence-electron chi connectivity index (χ1n) is 23.7. The van der Waals surface area contributed by atoms with Gasteiger partial charge in [0, 0.05) is 42.3 Å². The molecule has 2 aliphatic heterocycles. The van der Waals surface area contributed by atoms with Gasteiger partial charge in [-0.1, -0.05) is 87.5 Å². The number of alkyl carbamates (subject to hydrolysis) is 1. The normalized spacial score (nSPS) is 23.3. The van der Waals surface area contributed by atoms with Crippen molar-refractivity contribution in [2.24, 2.45) is 29.6 Å². The van der Waals surface area contributed by atoms with Gasteiger partial charge < -0.3 is 39.9 Å². The number of piperidine rings is 1. The monoisotopic (exact) mass is 900 g/mol. The summed E-state index contributed by atoms with van der Waals surface area (Å²) in [4.78, 5) is 75.4. The Balaban J connectivity index is 0.870. The van der Waals surface area contributed by atoms with Crippen molar-refractivity contribution in [1.82, 2.24) is 40.4 Å². The highest BCUT2D eigenvalue weighted by Gasteiger charge is 2.61. The lowest BCUT2D eigenvalue weighted by molar-refractivity contribution is -0.138. The molecule has 0 radical (unpaired) electrons. The van der Waals surface area contributed by atoms with Gasteiger partial charge in [-0.25, -0.2) is 14.8 Å². The van der Waals surface area contributed by atoms with E-state index in [-0.39, 0.29) is 53.6 Å². The number of aromatic amines is 2. The average molecular weight is 901 g/mol. The van der Waals surface area contributed by atoms with E-state index in [0.29, 0.717) is 31.4 Å². The molecule has 5 aromatic carbocycles. The van der Waals surface area contributed by atoms with Crippen LogP contribution in [0.25, 0.3) is 54.7 Å².